The fraction of sp³-hybridized carbons (Fsp3) is 0.345. The van der Waals surface area contributed by atoms with Crippen molar-refractivity contribution >= 4 is 23.2 Å². The quantitative estimate of drug-likeness (QED) is 0.353. The van der Waals surface area contributed by atoms with E-state index in [0.717, 1.165) is 53.1 Å². The zero-order valence-electron chi connectivity index (χ0n) is 21.6. The number of fused-ring (bicyclic) bond motifs is 4. The minimum atomic E-state index is -0.262. The second kappa shape index (κ2) is 9.08. The maximum absolute atomic E-state index is 13.7. The number of benzene rings is 1. The number of carbonyl (C=O) groups excluding carboxylic acids is 2. The minimum absolute atomic E-state index is 0.0231. The molecular formula is C29H26FN5O3S. The maximum atomic E-state index is 13.7. The number of hydrogen-bond donors (Lipinski definition) is 1. The number of nitrogens with one attached hydrogen (secondary N) is 1. The lowest BCUT2D eigenvalue weighted by Gasteiger charge is -2.15. The van der Waals surface area contributed by atoms with Crippen molar-refractivity contribution in [2.45, 2.75) is 58.0 Å². The van der Waals surface area contributed by atoms with Crippen LogP contribution in [0.15, 0.2) is 34.7 Å². The Hall–Kier alpha value is -3.92. The van der Waals surface area contributed by atoms with Gasteiger partial charge in [-0.15, -0.1) is 21.5 Å². The molecule has 198 valence electrons. The molecule has 7 rings (SSSR count). The summed E-state index contributed by atoms with van der Waals surface area (Å²) in [6, 6.07) is 8.22. The van der Waals surface area contributed by atoms with Crippen molar-refractivity contribution in [2.75, 3.05) is 6.54 Å². The van der Waals surface area contributed by atoms with E-state index < -0.39 is 0 Å². The van der Waals surface area contributed by atoms with Crippen molar-refractivity contribution < 1.29 is 18.4 Å². The second-order valence-electron chi connectivity index (χ2n) is 10.3. The molecule has 8 nitrogen and oxygen atoms in total. The third kappa shape index (κ3) is 3.80. The standard InChI is InChI=1S/C29H26FN5O3S/c1-3-18-23(28-34-33-14(2)38-28)24(25-26(31-18)20-5-4-12-35(20)29(25)37)21-10-11-22(39-21)27(36)32-19-9-6-15-13-16(30)7-8-17(15)19/h7-8,10-11,13,19-20H,3-6,9,12H2,1-2H3,(H,32,36)/t19-,20?/m1/s1. The molecular weight excluding hydrogens is 517 g/mol. The molecule has 1 saturated heterocycles. The SMILES string of the molecule is CCc1nc2c(c(-c3ccc(C(=O)N[C@@H]4CCc5cc(F)ccc54)s3)c1-c1nnc(C)o1)C(=O)N1CCCC21. The Balaban J connectivity index is 1.31. The molecule has 39 heavy (non-hydrogen) atoms. The first-order valence-electron chi connectivity index (χ1n) is 13.3. The highest BCUT2D eigenvalue weighted by molar-refractivity contribution is 7.17. The predicted molar refractivity (Wildman–Crippen MR) is 143 cm³/mol. The summed E-state index contributed by atoms with van der Waals surface area (Å²) in [6.07, 6.45) is 3.92. The zero-order chi connectivity index (χ0) is 26.8. The summed E-state index contributed by atoms with van der Waals surface area (Å²) in [6.45, 7) is 4.46. The topological polar surface area (TPSA) is 101 Å². The first-order chi connectivity index (χ1) is 18.9. The van der Waals surface area contributed by atoms with Crippen LogP contribution in [0.25, 0.3) is 21.9 Å². The number of halogens is 1. The van der Waals surface area contributed by atoms with E-state index in [4.69, 9.17) is 9.40 Å². The molecule has 3 aromatic heterocycles. The van der Waals surface area contributed by atoms with E-state index in [9.17, 15) is 14.0 Å². The van der Waals surface area contributed by atoms with E-state index in [1.807, 2.05) is 17.9 Å². The molecule has 0 spiro atoms. The number of hydrogen-bond acceptors (Lipinski definition) is 7. The smallest absolute Gasteiger partial charge is 0.261 e. The molecule has 1 unspecified atom stereocenters. The van der Waals surface area contributed by atoms with Gasteiger partial charge in [0.2, 0.25) is 11.8 Å². The lowest BCUT2D eigenvalue weighted by molar-refractivity contribution is 0.0776. The summed E-state index contributed by atoms with van der Waals surface area (Å²) in [5.41, 5.74) is 5.44. The van der Waals surface area contributed by atoms with Gasteiger partial charge in [0.1, 0.15) is 5.82 Å². The fourth-order valence-electron chi connectivity index (χ4n) is 6.24. The molecule has 1 fully saturated rings. The monoisotopic (exact) mass is 543 g/mol. The largest absolute Gasteiger partial charge is 0.421 e. The van der Waals surface area contributed by atoms with E-state index in [0.29, 0.717) is 46.3 Å². The first kappa shape index (κ1) is 24.1. The van der Waals surface area contributed by atoms with Gasteiger partial charge < -0.3 is 14.6 Å². The van der Waals surface area contributed by atoms with Crippen LogP contribution < -0.4 is 5.32 Å². The molecule has 1 aliphatic carbocycles. The van der Waals surface area contributed by atoms with Gasteiger partial charge in [-0.1, -0.05) is 13.0 Å². The lowest BCUT2D eigenvalue weighted by Crippen LogP contribution is -2.26. The first-order valence-corrected chi connectivity index (χ1v) is 14.1. The van der Waals surface area contributed by atoms with E-state index in [-0.39, 0.29) is 29.7 Å². The summed E-state index contributed by atoms with van der Waals surface area (Å²) >= 11 is 1.33. The summed E-state index contributed by atoms with van der Waals surface area (Å²) in [5.74, 6) is 0.251. The number of aromatic nitrogens is 3. The van der Waals surface area contributed by atoms with Crippen LogP contribution in [0.4, 0.5) is 4.39 Å². The van der Waals surface area contributed by atoms with Gasteiger partial charge in [0.05, 0.1) is 39.5 Å². The summed E-state index contributed by atoms with van der Waals surface area (Å²) in [4.78, 5) is 35.2. The highest BCUT2D eigenvalue weighted by atomic mass is 32.1. The third-order valence-corrected chi connectivity index (χ3v) is 9.08. The van der Waals surface area contributed by atoms with E-state index in [1.54, 1.807) is 25.1 Å². The molecule has 1 aromatic carbocycles. The van der Waals surface area contributed by atoms with Crippen molar-refractivity contribution in [1.29, 1.82) is 0 Å². The Morgan fingerprint density at radius 1 is 1.18 bits per heavy atom. The second-order valence-corrected chi connectivity index (χ2v) is 11.4. The Bertz CT molecular complexity index is 1660. The van der Waals surface area contributed by atoms with Crippen LogP contribution in [0.2, 0.25) is 0 Å². The fourth-order valence-corrected chi connectivity index (χ4v) is 7.21. The van der Waals surface area contributed by atoms with Gasteiger partial charge >= 0.3 is 0 Å². The highest BCUT2D eigenvalue weighted by Gasteiger charge is 2.44. The van der Waals surface area contributed by atoms with Crippen LogP contribution in [-0.2, 0) is 12.8 Å². The molecule has 4 aromatic rings. The summed E-state index contributed by atoms with van der Waals surface area (Å²) in [7, 11) is 0. The number of carbonyl (C=O) groups is 2. The average Bonchev–Trinajstić information content (AvgIpc) is 3.75. The third-order valence-electron chi connectivity index (χ3n) is 7.98. The van der Waals surface area contributed by atoms with Crippen LogP contribution in [0.5, 0.6) is 0 Å². The molecule has 1 N–H and O–H groups in total. The van der Waals surface area contributed by atoms with E-state index in [1.165, 1.54) is 17.4 Å². The molecule has 2 atom stereocenters. The van der Waals surface area contributed by atoms with Crippen molar-refractivity contribution in [2.24, 2.45) is 0 Å². The van der Waals surface area contributed by atoms with Gasteiger partial charge in [0.25, 0.3) is 11.8 Å². The van der Waals surface area contributed by atoms with Gasteiger partial charge in [-0.05, 0) is 67.5 Å². The van der Waals surface area contributed by atoms with Crippen molar-refractivity contribution in [3.63, 3.8) is 0 Å². The maximum Gasteiger partial charge on any atom is 0.261 e. The Labute approximate surface area is 228 Å². The summed E-state index contributed by atoms with van der Waals surface area (Å²) in [5, 5.41) is 11.4. The van der Waals surface area contributed by atoms with Crippen LogP contribution in [0.1, 0.15) is 86.7 Å². The van der Waals surface area contributed by atoms with Crippen molar-refractivity contribution in [3.8, 4) is 21.9 Å². The van der Waals surface area contributed by atoms with Gasteiger partial charge in [0.15, 0.2) is 0 Å². The van der Waals surface area contributed by atoms with Gasteiger partial charge in [-0.3, -0.25) is 14.6 Å². The lowest BCUT2D eigenvalue weighted by atomic mass is 9.94. The molecule has 2 amide bonds. The zero-order valence-corrected chi connectivity index (χ0v) is 22.4. The highest BCUT2D eigenvalue weighted by Crippen LogP contribution is 2.49. The molecule has 2 aliphatic heterocycles. The molecule has 0 bridgehead atoms. The number of rotatable bonds is 5. The van der Waals surface area contributed by atoms with Gasteiger partial charge in [0, 0.05) is 23.9 Å². The number of thiophene rings is 1. The van der Waals surface area contributed by atoms with E-state index >= 15 is 0 Å². The van der Waals surface area contributed by atoms with Crippen LogP contribution >= 0.6 is 11.3 Å². The molecule has 5 heterocycles. The van der Waals surface area contributed by atoms with Crippen LogP contribution in [-0.4, -0.2) is 38.4 Å². The van der Waals surface area contributed by atoms with Gasteiger partial charge in [-0.25, -0.2) is 4.39 Å². The van der Waals surface area contributed by atoms with Crippen LogP contribution in [0.3, 0.4) is 0 Å². The molecule has 0 saturated carbocycles. The minimum Gasteiger partial charge on any atom is -0.421 e. The number of pyridine rings is 1. The molecule has 0 radical (unpaired) electrons. The number of amides is 2. The number of nitrogens with zero attached hydrogens (tertiary/aromatic N) is 4. The molecule has 10 heteroatoms. The Morgan fingerprint density at radius 3 is 2.85 bits per heavy atom. The average molecular weight is 544 g/mol. The summed E-state index contributed by atoms with van der Waals surface area (Å²) < 4.78 is 19.5. The Morgan fingerprint density at radius 2 is 2.05 bits per heavy atom. The van der Waals surface area contributed by atoms with Crippen molar-refractivity contribution in [3.05, 3.63) is 75.0 Å². The Kier molecular flexibility index (Phi) is 5.62. The van der Waals surface area contributed by atoms with Gasteiger partial charge in [-0.2, -0.15) is 0 Å². The molecule has 3 aliphatic rings. The normalized spacial score (nSPS) is 19.4. The van der Waals surface area contributed by atoms with Crippen molar-refractivity contribution in [1.82, 2.24) is 25.4 Å². The predicted octanol–water partition coefficient (Wildman–Crippen LogP) is 5.58. The van der Waals surface area contributed by atoms with Crippen LogP contribution in [0, 0.1) is 12.7 Å². The number of aryl methyl sites for hydroxylation is 3. The van der Waals surface area contributed by atoms with E-state index in [2.05, 4.69) is 15.5 Å².